The van der Waals surface area contributed by atoms with Crippen molar-refractivity contribution in [2.75, 3.05) is 78.4 Å². The van der Waals surface area contributed by atoms with E-state index in [1.165, 1.54) is 6.92 Å². The molecule has 436 valence electrons. The molecule has 0 aliphatic rings. The van der Waals surface area contributed by atoms with E-state index in [1.54, 1.807) is 122 Å². The van der Waals surface area contributed by atoms with Gasteiger partial charge in [0.2, 0.25) is 15.4 Å². The van der Waals surface area contributed by atoms with Crippen molar-refractivity contribution in [1.82, 2.24) is 28.1 Å². The monoisotopic (exact) mass is 1200 g/mol. The van der Waals surface area contributed by atoms with Crippen molar-refractivity contribution < 1.29 is 57.0 Å². The highest BCUT2D eigenvalue weighted by molar-refractivity contribution is 7.10. The van der Waals surface area contributed by atoms with Crippen LogP contribution in [0.3, 0.4) is 0 Å². The summed E-state index contributed by atoms with van der Waals surface area (Å²) in [7, 11) is 9.47. The maximum absolute atomic E-state index is 12.3. The minimum atomic E-state index is -0.260. The van der Waals surface area contributed by atoms with E-state index in [9.17, 15) is 14.4 Å². The molecule has 0 radical (unpaired) electrons. The van der Waals surface area contributed by atoms with Gasteiger partial charge in [-0.25, -0.2) is 0 Å². The fourth-order valence-corrected chi connectivity index (χ4v) is 8.91. The number of anilines is 3. The maximum atomic E-state index is 12.3. The summed E-state index contributed by atoms with van der Waals surface area (Å²) in [5.41, 5.74) is 3.85. The Morgan fingerprint density at radius 3 is 0.869 bits per heavy atom. The average molecular weight is 1200 g/mol. The molecule has 6 aromatic carbocycles. The molecule has 25 heteroatoms. The lowest BCUT2D eigenvalue weighted by atomic mass is 10.2. The number of nitrogens with one attached hydrogen (secondary N) is 3. The Kier molecular flexibility index (Phi) is 24.5. The number of ether oxygens (including phenoxy) is 9. The number of hydrogen-bond donors (Lipinski definition) is 3. The number of rotatable bonds is 21. The second-order valence-corrected chi connectivity index (χ2v) is 18.7. The molecule has 0 bridgehead atoms. The van der Waals surface area contributed by atoms with E-state index in [0.29, 0.717) is 121 Å². The van der Waals surface area contributed by atoms with Crippen molar-refractivity contribution in [2.24, 2.45) is 0 Å². The van der Waals surface area contributed by atoms with Gasteiger partial charge >= 0.3 is 0 Å². The third-order valence-corrected chi connectivity index (χ3v) is 13.1. The molecule has 0 spiro atoms. The molecule has 3 amide bonds. The van der Waals surface area contributed by atoms with Crippen molar-refractivity contribution in [3.05, 3.63) is 144 Å². The Bertz CT molecular complexity index is 3250. The molecule has 0 aliphatic carbocycles. The number of nitrogens with zero attached hydrogens (tertiary/aromatic N) is 7. The largest absolute Gasteiger partial charge is 0.497 e. The van der Waals surface area contributed by atoms with Crippen LogP contribution in [0.2, 0.25) is 0 Å². The lowest BCUT2D eigenvalue weighted by Crippen LogP contribution is -2.11. The molecule has 3 heterocycles. The molecule has 0 saturated carbocycles. The van der Waals surface area contributed by atoms with Crippen LogP contribution in [-0.4, -0.2) is 108 Å². The number of methoxy groups -OCH3 is 6. The molecule has 0 aliphatic heterocycles. The van der Waals surface area contributed by atoms with Crippen LogP contribution in [0.15, 0.2) is 127 Å². The number of carbonyl (C=O) groups is 3. The first-order valence-corrected chi connectivity index (χ1v) is 27.8. The third kappa shape index (κ3) is 17.8. The fourth-order valence-electron chi connectivity index (χ4n) is 7.15. The average Bonchev–Trinajstić information content (AvgIpc) is 4.53. The summed E-state index contributed by atoms with van der Waals surface area (Å²) in [6.07, 6.45) is 0. The normalized spacial score (nSPS) is 10.1. The van der Waals surface area contributed by atoms with Gasteiger partial charge in [-0.2, -0.15) is 33.3 Å². The first-order valence-electron chi connectivity index (χ1n) is 25.5. The summed E-state index contributed by atoms with van der Waals surface area (Å²) in [5, 5.41) is 16.8. The Balaban J connectivity index is 0.000000197. The summed E-state index contributed by atoms with van der Waals surface area (Å²) in [4.78, 5) is 50.1. The van der Waals surface area contributed by atoms with Gasteiger partial charge in [0.15, 0.2) is 52.0 Å². The second-order valence-electron chi connectivity index (χ2n) is 16.4. The molecule has 9 rings (SSSR count). The van der Waals surface area contributed by atoms with Crippen molar-refractivity contribution in [2.45, 2.75) is 27.7 Å². The molecular weight excluding hydrogens is 1140 g/mol. The summed E-state index contributed by atoms with van der Waals surface area (Å²) in [6, 6.07) is 38.7. The molecule has 84 heavy (non-hydrogen) atoms. The first kappa shape index (κ1) is 63.3. The third-order valence-electron chi connectivity index (χ3n) is 11.2. The van der Waals surface area contributed by atoms with Crippen LogP contribution in [0.5, 0.6) is 51.7 Å². The SMILES string of the molecule is CC#N.CCOc1ccc(-c2nsc(NC(=O)c3ccc(OC)cc3)n2)cc1OC.CCOc1ccc(-c2nsc(NC(=O)c3ccc(OC)cc3)n2)cc1OC.CCOc1ccc(-c2nsc(NC(=O)c3ccc(OC)cc3)n2)cc1OC. The van der Waals surface area contributed by atoms with Crippen LogP contribution in [0, 0.1) is 11.3 Å². The Hall–Kier alpha value is -9.90. The fraction of sp³-hybridized carbons (Fsp3) is 0.220. The van der Waals surface area contributed by atoms with Gasteiger partial charge in [-0.1, -0.05) is 0 Å². The number of aromatic nitrogens is 6. The molecule has 9 aromatic rings. The van der Waals surface area contributed by atoms with Gasteiger partial charge in [0.25, 0.3) is 17.7 Å². The quantitative estimate of drug-likeness (QED) is 0.0603. The van der Waals surface area contributed by atoms with Gasteiger partial charge in [0.1, 0.15) is 17.2 Å². The Labute approximate surface area is 497 Å². The maximum Gasteiger partial charge on any atom is 0.257 e. The second kappa shape index (κ2) is 32.5. The molecule has 0 atom stereocenters. The van der Waals surface area contributed by atoms with E-state index in [1.807, 2.05) is 75.4 Å². The van der Waals surface area contributed by atoms with E-state index in [4.69, 9.17) is 47.9 Å². The summed E-state index contributed by atoms with van der Waals surface area (Å²) in [6.45, 7) is 8.80. The number of hydrogen-bond acceptors (Lipinski definition) is 22. The van der Waals surface area contributed by atoms with E-state index >= 15 is 0 Å². The predicted molar refractivity (Wildman–Crippen MR) is 323 cm³/mol. The lowest BCUT2D eigenvalue weighted by Gasteiger charge is -2.09. The molecule has 3 aromatic heterocycles. The van der Waals surface area contributed by atoms with Crippen LogP contribution in [0.1, 0.15) is 58.8 Å². The van der Waals surface area contributed by atoms with E-state index in [-0.39, 0.29) is 17.7 Å². The molecular formula is C59H60N10O12S3. The minimum Gasteiger partial charge on any atom is -0.497 e. The highest BCUT2D eigenvalue weighted by Crippen LogP contribution is 2.35. The minimum absolute atomic E-state index is 0.260. The van der Waals surface area contributed by atoms with Crippen LogP contribution >= 0.6 is 34.6 Å². The van der Waals surface area contributed by atoms with E-state index in [0.717, 1.165) is 51.3 Å². The molecule has 0 saturated heterocycles. The standard InChI is InChI=1S/3C19H19N3O4S.C2H3N/c3*1-4-26-15-10-7-13(11-16(15)25-3)17-20-19(27-22-17)21-18(23)12-5-8-14(24-2)9-6-12;1-2-3/h3*5-11H,4H2,1-3H3,(H,20,21,22,23);1H3. The van der Waals surface area contributed by atoms with Gasteiger partial charge in [-0.15, -0.1) is 0 Å². The number of carbonyl (C=O) groups excluding carboxylic acids is 3. The van der Waals surface area contributed by atoms with Crippen molar-refractivity contribution in [3.63, 3.8) is 0 Å². The van der Waals surface area contributed by atoms with Crippen LogP contribution < -0.4 is 58.6 Å². The van der Waals surface area contributed by atoms with Crippen LogP contribution in [0.25, 0.3) is 34.2 Å². The van der Waals surface area contributed by atoms with Crippen LogP contribution in [-0.2, 0) is 0 Å². The Morgan fingerprint density at radius 2 is 0.655 bits per heavy atom. The zero-order valence-electron chi connectivity index (χ0n) is 47.5. The number of nitriles is 1. The van der Waals surface area contributed by atoms with Gasteiger partial charge in [-0.3, -0.25) is 30.3 Å². The molecule has 22 nitrogen and oxygen atoms in total. The van der Waals surface area contributed by atoms with Gasteiger partial charge < -0.3 is 42.6 Å². The zero-order valence-corrected chi connectivity index (χ0v) is 49.9. The molecule has 3 N–H and O–H groups in total. The van der Waals surface area contributed by atoms with Gasteiger partial charge in [-0.05, 0) is 148 Å². The van der Waals surface area contributed by atoms with Crippen molar-refractivity contribution >= 4 is 67.7 Å². The number of benzene rings is 6. The number of amides is 3. The van der Waals surface area contributed by atoms with E-state index in [2.05, 4.69) is 44.0 Å². The van der Waals surface area contributed by atoms with Gasteiger partial charge in [0, 0.05) is 74.9 Å². The summed E-state index contributed by atoms with van der Waals surface area (Å²) in [5.74, 6) is 6.60. The summed E-state index contributed by atoms with van der Waals surface area (Å²) < 4.78 is 60.8. The predicted octanol–water partition coefficient (Wildman–Crippen LogP) is 12.1. The van der Waals surface area contributed by atoms with Crippen LogP contribution in [0.4, 0.5) is 15.4 Å². The molecule has 0 unspecified atom stereocenters. The van der Waals surface area contributed by atoms with Crippen molar-refractivity contribution in [3.8, 4) is 92.0 Å². The highest BCUT2D eigenvalue weighted by atomic mass is 32.1. The van der Waals surface area contributed by atoms with Crippen molar-refractivity contribution in [1.29, 1.82) is 5.26 Å². The van der Waals surface area contributed by atoms with E-state index < -0.39 is 0 Å². The smallest absolute Gasteiger partial charge is 0.257 e. The topological polar surface area (TPSA) is 271 Å². The molecule has 0 fully saturated rings. The lowest BCUT2D eigenvalue weighted by molar-refractivity contribution is 0.101. The first-order chi connectivity index (χ1) is 40.8. The summed E-state index contributed by atoms with van der Waals surface area (Å²) >= 11 is 3.34. The van der Waals surface area contributed by atoms with Gasteiger partial charge in [0.05, 0.1) is 68.5 Å². The zero-order chi connectivity index (χ0) is 60.4. The Morgan fingerprint density at radius 1 is 0.405 bits per heavy atom. The highest BCUT2D eigenvalue weighted by Gasteiger charge is 2.18.